The number of nitrogens with one attached hydrogen (secondary N) is 1. The molecule has 1 fully saturated rings. The molecule has 0 aromatic rings. The number of aliphatic hydroxyl groups is 1. The Balaban J connectivity index is 1.84. The predicted octanol–water partition coefficient (Wildman–Crippen LogP) is 1.70. The van der Waals surface area contributed by atoms with E-state index in [4.69, 9.17) is 4.74 Å². The molecule has 2 N–H and O–H groups in total. The molecule has 0 radical (unpaired) electrons. The normalized spacial score (nSPS) is 26.0. The molecule has 0 aromatic heterocycles. The van der Waals surface area contributed by atoms with Crippen LogP contribution < -0.4 is 5.32 Å². The Morgan fingerprint density at radius 2 is 1.87 bits per heavy atom. The Labute approximate surface area is 93.2 Å². The first-order valence-electron chi connectivity index (χ1n) is 6.33. The minimum absolute atomic E-state index is 0.167. The second-order valence-corrected chi connectivity index (χ2v) is 4.43. The van der Waals surface area contributed by atoms with E-state index in [-0.39, 0.29) is 12.1 Å². The summed E-state index contributed by atoms with van der Waals surface area (Å²) in [6.45, 7) is 4.41. The Bertz CT molecular complexity index is 153. The van der Waals surface area contributed by atoms with E-state index in [1.807, 2.05) is 0 Å². The molecule has 0 aliphatic carbocycles. The second kappa shape index (κ2) is 8.08. The van der Waals surface area contributed by atoms with E-state index in [1.54, 1.807) is 0 Å². The fraction of sp³-hybridized carbons (Fsp3) is 1.00. The first-order valence-corrected chi connectivity index (χ1v) is 6.33. The van der Waals surface area contributed by atoms with Crippen molar-refractivity contribution < 1.29 is 9.84 Å². The highest BCUT2D eigenvalue weighted by atomic mass is 16.5. The van der Waals surface area contributed by atoms with Crippen molar-refractivity contribution in [2.75, 3.05) is 19.8 Å². The number of unbranched alkanes of at least 4 members (excludes halogenated alkanes) is 5. The molecule has 1 rings (SSSR count). The summed E-state index contributed by atoms with van der Waals surface area (Å²) in [5, 5.41) is 12.8. The van der Waals surface area contributed by atoms with Crippen molar-refractivity contribution in [2.24, 2.45) is 0 Å². The quantitative estimate of drug-likeness (QED) is 0.606. The van der Waals surface area contributed by atoms with E-state index in [0.717, 1.165) is 6.54 Å². The van der Waals surface area contributed by atoms with Gasteiger partial charge in [0.05, 0.1) is 25.4 Å². The average molecular weight is 215 g/mol. The lowest BCUT2D eigenvalue weighted by atomic mass is 10.1. The van der Waals surface area contributed by atoms with Crippen LogP contribution in [0.5, 0.6) is 0 Å². The molecule has 90 valence electrons. The molecule has 3 heteroatoms. The van der Waals surface area contributed by atoms with Crippen molar-refractivity contribution in [3.05, 3.63) is 0 Å². The van der Waals surface area contributed by atoms with E-state index in [0.29, 0.717) is 13.2 Å². The summed E-state index contributed by atoms with van der Waals surface area (Å²) in [5.74, 6) is 0. The summed E-state index contributed by atoms with van der Waals surface area (Å²) < 4.78 is 5.17. The number of aliphatic hydroxyl groups excluding tert-OH is 1. The van der Waals surface area contributed by atoms with Crippen molar-refractivity contribution in [1.29, 1.82) is 0 Å². The molecule has 0 saturated carbocycles. The lowest BCUT2D eigenvalue weighted by Gasteiger charge is -2.13. The number of ether oxygens (including phenoxy) is 1. The molecule has 3 nitrogen and oxygen atoms in total. The SMILES string of the molecule is CCCCCCCCN[C@H]1COC[C@@H]1O. The monoisotopic (exact) mass is 215 g/mol. The molecule has 0 unspecified atom stereocenters. The van der Waals surface area contributed by atoms with Crippen LogP contribution in [0.15, 0.2) is 0 Å². The smallest absolute Gasteiger partial charge is 0.0948 e. The first kappa shape index (κ1) is 12.9. The summed E-state index contributed by atoms with van der Waals surface area (Å²) in [6, 6.07) is 0.167. The van der Waals surface area contributed by atoms with Gasteiger partial charge in [0.1, 0.15) is 0 Å². The summed E-state index contributed by atoms with van der Waals surface area (Å²) in [7, 11) is 0. The van der Waals surface area contributed by atoms with Gasteiger partial charge in [0.2, 0.25) is 0 Å². The largest absolute Gasteiger partial charge is 0.389 e. The zero-order chi connectivity index (χ0) is 10.9. The molecule has 0 bridgehead atoms. The van der Waals surface area contributed by atoms with E-state index in [2.05, 4.69) is 12.2 Å². The third-order valence-electron chi connectivity index (χ3n) is 2.99. The highest BCUT2D eigenvalue weighted by Crippen LogP contribution is 2.07. The lowest BCUT2D eigenvalue weighted by Crippen LogP contribution is -2.39. The summed E-state index contributed by atoms with van der Waals surface area (Å²) in [6.07, 6.45) is 7.60. The topological polar surface area (TPSA) is 41.5 Å². The number of rotatable bonds is 8. The fourth-order valence-corrected chi connectivity index (χ4v) is 1.93. The van der Waals surface area contributed by atoms with E-state index in [9.17, 15) is 5.11 Å². The van der Waals surface area contributed by atoms with Gasteiger partial charge in [-0.3, -0.25) is 0 Å². The minimum atomic E-state index is -0.301. The van der Waals surface area contributed by atoms with Gasteiger partial charge in [0.25, 0.3) is 0 Å². The average Bonchev–Trinajstić information content (AvgIpc) is 2.63. The van der Waals surface area contributed by atoms with Crippen LogP contribution >= 0.6 is 0 Å². The van der Waals surface area contributed by atoms with Gasteiger partial charge in [0, 0.05) is 0 Å². The van der Waals surface area contributed by atoms with Gasteiger partial charge >= 0.3 is 0 Å². The summed E-state index contributed by atoms with van der Waals surface area (Å²) in [5.41, 5.74) is 0. The second-order valence-electron chi connectivity index (χ2n) is 4.43. The maximum atomic E-state index is 9.47. The van der Waals surface area contributed by atoms with Crippen molar-refractivity contribution in [3.8, 4) is 0 Å². The van der Waals surface area contributed by atoms with Crippen molar-refractivity contribution >= 4 is 0 Å². The van der Waals surface area contributed by atoms with E-state index in [1.165, 1.54) is 38.5 Å². The molecule has 1 saturated heterocycles. The minimum Gasteiger partial charge on any atom is -0.389 e. The molecular weight excluding hydrogens is 190 g/mol. The van der Waals surface area contributed by atoms with Crippen molar-refractivity contribution in [3.63, 3.8) is 0 Å². The Hall–Kier alpha value is -0.120. The Morgan fingerprint density at radius 3 is 2.53 bits per heavy atom. The van der Waals surface area contributed by atoms with Crippen LogP contribution in [0.1, 0.15) is 45.4 Å². The molecule has 1 aliphatic rings. The van der Waals surface area contributed by atoms with Gasteiger partial charge in [-0.1, -0.05) is 39.0 Å². The zero-order valence-corrected chi connectivity index (χ0v) is 9.87. The Morgan fingerprint density at radius 1 is 1.13 bits per heavy atom. The van der Waals surface area contributed by atoms with Crippen molar-refractivity contribution in [1.82, 2.24) is 5.32 Å². The lowest BCUT2D eigenvalue weighted by molar-refractivity contribution is 0.122. The number of hydrogen-bond donors (Lipinski definition) is 2. The van der Waals surface area contributed by atoms with Crippen LogP contribution in [0.25, 0.3) is 0 Å². The zero-order valence-electron chi connectivity index (χ0n) is 9.87. The maximum absolute atomic E-state index is 9.47. The van der Waals surface area contributed by atoms with Gasteiger partial charge in [0.15, 0.2) is 0 Å². The van der Waals surface area contributed by atoms with Gasteiger partial charge in [-0.15, -0.1) is 0 Å². The standard InChI is InChI=1S/C12H25NO2/c1-2-3-4-5-6-7-8-13-11-9-15-10-12(11)14/h11-14H,2-10H2,1H3/t11-,12-/m0/s1. The maximum Gasteiger partial charge on any atom is 0.0948 e. The molecule has 15 heavy (non-hydrogen) atoms. The van der Waals surface area contributed by atoms with Crippen LogP contribution in [0.3, 0.4) is 0 Å². The molecule has 0 aromatic carbocycles. The van der Waals surface area contributed by atoms with Gasteiger partial charge < -0.3 is 15.2 Å². The van der Waals surface area contributed by atoms with Gasteiger partial charge in [-0.2, -0.15) is 0 Å². The summed E-state index contributed by atoms with van der Waals surface area (Å²) >= 11 is 0. The highest BCUT2D eigenvalue weighted by molar-refractivity contribution is 4.80. The van der Waals surface area contributed by atoms with Gasteiger partial charge in [-0.05, 0) is 13.0 Å². The molecule has 1 aliphatic heterocycles. The molecule has 2 atom stereocenters. The van der Waals surface area contributed by atoms with Crippen LogP contribution in [0.2, 0.25) is 0 Å². The Kier molecular flexibility index (Phi) is 6.98. The third-order valence-corrected chi connectivity index (χ3v) is 2.99. The fourth-order valence-electron chi connectivity index (χ4n) is 1.93. The number of hydrogen-bond acceptors (Lipinski definition) is 3. The molecular formula is C12H25NO2. The van der Waals surface area contributed by atoms with E-state index >= 15 is 0 Å². The van der Waals surface area contributed by atoms with Gasteiger partial charge in [-0.25, -0.2) is 0 Å². The van der Waals surface area contributed by atoms with Crippen LogP contribution in [0, 0.1) is 0 Å². The predicted molar refractivity (Wildman–Crippen MR) is 62.0 cm³/mol. The third kappa shape index (κ3) is 5.50. The van der Waals surface area contributed by atoms with Crippen LogP contribution in [0.4, 0.5) is 0 Å². The first-order chi connectivity index (χ1) is 7.34. The molecule has 1 heterocycles. The molecule has 0 spiro atoms. The van der Waals surface area contributed by atoms with E-state index < -0.39 is 0 Å². The summed E-state index contributed by atoms with van der Waals surface area (Å²) in [4.78, 5) is 0. The van der Waals surface area contributed by atoms with Crippen LogP contribution in [-0.4, -0.2) is 37.0 Å². The molecule has 0 amide bonds. The highest BCUT2D eigenvalue weighted by Gasteiger charge is 2.24. The van der Waals surface area contributed by atoms with Crippen molar-refractivity contribution in [2.45, 2.75) is 57.6 Å². The van der Waals surface area contributed by atoms with Crippen LogP contribution in [-0.2, 0) is 4.74 Å².